The van der Waals surface area contributed by atoms with Crippen LogP contribution in [-0.2, 0) is 4.79 Å². The summed E-state index contributed by atoms with van der Waals surface area (Å²) in [5.41, 5.74) is 0.864. The molecule has 7 heteroatoms. The van der Waals surface area contributed by atoms with Gasteiger partial charge in [0.25, 0.3) is 5.22 Å². The lowest BCUT2D eigenvalue weighted by Gasteiger charge is -2.08. The van der Waals surface area contributed by atoms with E-state index in [1.165, 1.54) is 11.8 Å². The molecule has 0 atom stereocenters. The highest BCUT2D eigenvalue weighted by Gasteiger charge is 2.10. The Balaban J connectivity index is 1.94. The number of aromatic nitrogens is 2. The fourth-order valence-electron chi connectivity index (χ4n) is 1.46. The number of thioether (sulfide) groups is 1. The third-order valence-electron chi connectivity index (χ3n) is 2.52. The molecule has 5 nitrogen and oxygen atoms in total. The number of amides is 1. The summed E-state index contributed by atoms with van der Waals surface area (Å²) in [5.74, 6) is 1.19. The summed E-state index contributed by atoms with van der Waals surface area (Å²) in [4.78, 5) is 13.0. The molecule has 1 amide bonds. The fraction of sp³-hybridized carbons (Fsp3) is 0.308. The molecule has 1 heterocycles. The summed E-state index contributed by atoms with van der Waals surface area (Å²) < 4.78 is 6.52. The molecule has 20 heavy (non-hydrogen) atoms. The lowest BCUT2D eigenvalue weighted by Crippen LogP contribution is -2.21. The monoisotopic (exact) mass is 355 g/mol. The molecule has 0 spiro atoms. The van der Waals surface area contributed by atoms with Crippen LogP contribution in [0.1, 0.15) is 6.42 Å². The molecule has 0 radical (unpaired) electrons. The van der Waals surface area contributed by atoms with Gasteiger partial charge in [-0.25, -0.2) is 0 Å². The zero-order chi connectivity index (χ0) is 14.5. The number of rotatable bonds is 5. The summed E-state index contributed by atoms with van der Waals surface area (Å²) in [6, 6.07) is 7.66. The predicted molar refractivity (Wildman–Crippen MR) is 81.5 cm³/mol. The van der Waals surface area contributed by atoms with Crippen LogP contribution in [0.3, 0.4) is 0 Å². The van der Waals surface area contributed by atoms with Crippen molar-refractivity contribution < 1.29 is 9.21 Å². The third kappa shape index (κ3) is 4.08. The Bertz CT molecular complexity index is 601. The standard InChI is InChI=1S/C13H14BrN3O2S/c1-17(2)11(18)6-7-20-13-16-15-12(19-13)9-4-3-5-10(14)8-9/h3-5,8H,6-7H2,1-2H3. The van der Waals surface area contributed by atoms with E-state index in [-0.39, 0.29) is 5.91 Å². The van der Waals surface area contributed by atoms with Crippen molar-refractivity contribution in [1.82, 2.24) is 15.1 Å². The van der Waals surface area contributed by atoms with Gasteiger partial charge in [0.15, 0.2) is 0 Å². The molecule has 1 aromatic carbocycles. The van der Waals surface area contributed by atoms with E-state index in [4.69, 9.17) is 4.42 Å². The maximum Gasteiger partial charge on any atom is 0.276 e. The number of carbonyl (C=O) groups excluding carboxylic acids is 1. The maximum absolute atomic E-state index is 11.4. The largest absolute Gasteiger partial charge is 0.411 e. The molecule has 2 aromatic rings. The van der Waals surface area contributed by atoms with Crippen LogP contribution in [0, 0.1) is 0 Å². The first kappa shape index (κ1) is 15.1. The molecule has 2 rings (SSSR count). The molecule has 0 N–H and O–H groups in total. The minimum atomic E-state index is 0.0872. The molecule has 1 aromatic heterocycles. The van der Waals surface area contributed by atoms with Gasteiger partial charge in [-0.15, -0.1) is 10.2 Å². The van der Waals surface area contributed by atoms with Crippen LogP contribution in [-0.4, -0.2) is 40.9 Å². The van der Waals surface area contributed by atoms with Crippen LogP contribution in [0.15, 0.2) is 38.4 Å². The number of hydrogen-bond donors (Lipinski definition) is 0. The number of nitrogens with zero attached hydrogens (tertiary/aromatic N) is 3. The van der Waals surface area contributed by atoms with Crippen molar-refractivity contribution in [2.75, 3.05) is 19.8 Å². The van der Waals surface area contributed by atoms with Crippen molar-refractivity contribution in [3.05, 3.63) is 28.7 Å². The van der Waals surface area contributed by atoms with E-state index < -0.39 is 0 Å². The molecule has 0 aliphatic rings. The van der Waals surface area contributed by atoms with E-state index >= 15 is 0 Å². The van der Waals surface area contributed by atoms with Gasteiger partial charge in [0.1, 0.15) is 0 Å². The van der Waals surface area contributed by atoms with Crippen LogP contribution >= 0.6 is 27.7 Å². The van der Waals surface area contributed by atoms with Crippen molar-refractivity contribution in [3.63, 3.8) is 0 Å². The normalized spacial score (nSPS) is 10.6. The second-order valence-electron chi connectivity index (χ2n) is 4.27. The smallest absolute Gasteiger partial charge is 0.276 e. The predicted octanol–water partition coefficient (Wildman–Crippen LogP) is 3.07. The molecule has 0 aliphatic heterocycles. The molecular formula is C13H14BrN3O2S. The van der Waals surface area contributed by atoms with E-state index in [2.05, 4.69) is 26.1 Å². The minimum absolute atomic E-state index is 0.0872. The van der Waals surface area contributed by atoms with Gasteiger partial charge in [0.2, 0.25) is 11.8 Å². The zero-order valence-corrected chi connectivity index (χ0v) is 13.6. The summed E-state index contributed by atoms with van der Waals surface area (Å²) in [5, 5.41) is 8.46. The van der Waals surface area contributed by atoms with Crippen LogP contribution < -0.4 is 0 Å². The summed E-state index contributed by atoms with van der Waals surface area (Å²) >= 11 is 4.79. The molecule has 0 bridgehead atoms. The summed E-state index contributed by atoms with van der Waals surface area (Å²) in [6.07, 6.45) is 0.451. The summed E-state index contributed by atoms with van der Waals surface area (Å²) in [6.45, 7) is 0. The highest BCUT2D eigenvalue weighted by Crippen LogP contribution is 2.25. The van der Waals surface area contributed by atoms with Crippen molar-refractivity contribution in [2.24, 2.45) is 0 Å². The maximum atomic E-state index is 11.4. The molecular weight excluding hydrogens is 342 g/mol. The number of benzene rings is 1. The van der Waals surface area contributed by atoms with Gasteiger partial charge in [0, 0.05) is 36.3 Å². The Morgan fingerprint density at radius 3 is 2.90 bits per heavy atom. The van der Waals surface area contributed by atoms with Crippen molar-refractivity contribution in [1.29, 1.82) is 0 Å². The summed E-state index contributed by atoms with van der Waals surface area (Å²) in [7, 11) is 3.48. The zero-order valence-electron chi connectivity index (χ0n) is 11.2. The molecule has 0 fully saturated rings. The van der Waals surface area contributed by atoms with E-state index in [1.54, 1.807) is 19.0 Å². The van der Waals surface area contributed by atoms with Gasteiger partial charge >= 0.3 is 0 Å². The van der Waals surface area contributed by atoms with Gasteiger partial charge in [-0.3, -0.25) is 4.79 Å². The van der Waals surface area contributed by atoms with Gasteiger partial charge in [-0.2, -0.15) is 0 Å². The molecule has 0 unspecified atom stereocenters. The van der Waals surface area contributed by atoms with Gasteiger partial charge in [-0.05, 0) is 18.2 Å². The molecule has 0 aliphatic carbocycles. The minimum Gasteiger partial charge on any atom is -0.411 e. The van der Waals surface area contributed by atoms with Crippen LogP contribution in [0.4, 0.5) is 0 Å². The highest BCUT2D eigenvalue weighted by molar-refractivity contribution is 9.10. The average molecular weight is 356 g/mol. The third-order valence-corrected chi connectivity index (χ3v) is 3.83. The number of carbonyl (C=O) groups is 1. The topological polar surface area (TPSA) is 59.2 Å². The Morgan fingerprint density at radius 2 is 2.20 bits per heavy atom. The Morgan fingerprint density at radius 1 is 1.40 bits per heavy atom. The second kappa shape index (κ2) is 6.90. The van der Waals surface area contributed by atoms with E-state index in [0.29, 0.717) is 23.3 Å². The van der Waals surface area contributed by atoms with Crippen molar-refractivity contribution >= 4 is 33.6 Å². The van der Waals surface area contributed by atoms with Crippen LogP contribution in [0.5, 0.6) is 0 Å². The van der Waals surface area contributed by atoms with E-state index in [9.17, 15) is 4.79 Å². The number of halogens is 1. The van der Waals surface area contributed by atoms with Crippen LogP contribution in [0.25, 0.3) is 11.5 Å². The molecule has 0 saturated heterocycles. The first-order valence-corrected chi connectivity index (χ1v) is 7.76. The van der Waals surface area contributed by atoms with E-state index in [0.717, 1.165) is 10.0 Å². The molecule has 106 valence electrons. The first-order valence-electron chi connectivity index (χ1n) is 5.98. The van der Waals surface area contributed by atoms with Gasteiger partial charge in [0.05, 0.1) is 0 Å². The average Bonchev–Trinajstić information content (AvgIpc) is 2.87. The van der Waals surface area contributed by atoms with Crippen molar-refractivity contribution in [2.45, 2.75) is 11.6 Å². The van der Waals surface area contributed by atoms with Crippen LogP contribution in [0.2, 0.25) is 0 Å². The second-order valence-corrected chi connectivity index (χ2v) is 6.23. The van der Waals surface area contributed by atoms with Gasteiger partial charge < -0.3 is 9.32 Å². The van der Waals surface area contributed by atoms with Gasteiger partial charge in [-0.1, -0.05) is 33.8 Å². The lowest BCUT2D eigenvalue weighted by atomic mass is 10.2. The first-order chi connectivity index (χ1) is 9.56. The SMILES string of the molecule is CN(C)C(=O)CCSc1nnc(-c2cccc(Br)c2)o1. The molecule has 0 saturated carbocycles. The Kier molecular flexibility index (Phi) is 5.19. The van der Waals surface area contributed by atoms with E-state index in [1.807, 2.05) is 24.3 Å². The quantitative estimate of drug-likeness (QED) is 0.771. The Hall–Kier alpha value is -1.34. The Labute approximate surface area is 129 Å². The fourth-order valence-corrected chi connectivity index (χ4v) is 2.54. The lowest BCUT2D eigenvalue weighted by molar-refractivity contribution is -0.128. The number of hydrogen-bond acceptors (Lipinski definition) is 5. The highest BCUT2D eigenvalue weighted by atomic mass is 79.9. The van der Waals surface area contributed by atoms with Crippen molar-refractivity contribution in [3.8, 4) is 11.5 Å².